The molecule has 1 aliphatic rings. The zero-order chi connectivity index (χ0) is 10.8. The van der Waals surface area contributed by atoms with Crippen molar-refractivity contribution in [2.45, 2.75) is 12.5 Å². The van der Waals surface area contributed by atoms with Crippen molar-refractivity contribution in [2.75, 3.05) is 13.6 Å². The van der Waals surface area contributed by atoms with Gasteiger partial charge in [0.1, 0.15) is 5.75 Å². The third kappa shape index (κ3) is 1.88. The number of nitrogens with one attached hydrogen (secondary N) is 1. The molecule has 15 heavy (non-hydrogen) atoms. The van der Waals surface area contributed by atoms with Crippen molar-refractivity contribution in [1.29, 1.82) is 0 Å². The number of amides is 2. The van der Waals surface area contributed by atoms with E-state index < -0.39 is 0 Å². The van der Waals surface area contributed by atoms with Gasteiger partial charge in [0.05, 0.1) is 6.04 Å². The lowest BCUT2D eigenvalue weighted by Crippen LogP contribution is -2.45. The van der Waals surface area contributed by atoms with Gasteiger partial charge >= 0.3 is 6.03 Å². The minimum absolute atomic E-state index is 0.0742. The largest absolute Gasteiger partial charge is 0.508 e. The number of aromatic hydroxyl groups is 1. The second-order valence-corrected chi connectivity index (χ2v) is 3.77. The van der Waals surface area contributed by atoms with Crippen LogP contribution in [0.1, 0.15) is 18.0 Å². The predicted octanol–water partition coefficient (Wildman–Crippen LogP) is 1.48. The SMILES string of the molecule is CN1CCC(c2ccccc2O)NC1=O. The summed E-state index contributed by atoms with van der Waals surface area (Å²) in [6.07, 6.45) is 0.819. The van der Waals surface area contributed by atoms with Crippen LogP contribution in [-0.2, 0) is 0 Å². The molecule has 1 saturated heterocycles. The molecule has 1 atom stereocenters. The van der Waals surface area contributed by atoms with E-state index in [1.54, 1.807) is 24.1 Å². The Hall–Kier alpha value is -1.71. The quantitative estimate of drug-likeness (QED) is 0.731. The molecule has 80 valence electrons. The Morgan fingerprint density at radius 1 is 1.47 bits per heavy atom. The highest BCUT2D eigenvalue weighted by atomic mass is 16.3. The summed E-state index contributed by atoms with van der Waals surface area (Å²) in [4.78, 5) is 13.1. The number of carbonyl (C=O) groups is 1. The highest BCUT2D eigenvalue weighted by Crippen LogP contribution is 2.27. The molecule has 1 aromatic rings. The molecule has 1 aliphatic heterocycles. The van der Waals surface area contributed by atoms with Crippen LogP contribution < -0.4 is 5.32 Å². The normalized spacial score (nSPS) is 21.3. The predicted molar refractivity (Wildman–Crippen MR) is 56.6 cm³/mol. The van der Waals surface area contributed by atoms with Gasteiger partial charge in [-0.15, -0.1) is 0 Å². The van der Waals surface area contributed by atoms with Crippen molar-refractivity contribution >= 4 is 6.03 Å². The molecule has 2 N–H and O–H groups in total. The number of nitrogens with zero attached hydrogens (tertiary/aromatic N) is 1. The molecule has 1 fully saturated rings. The number of phenolic OH excluding ortho intramolecular Hbond substituents is 1. The minimum Gasteiger partial charge on any atom is -0.508 e. The minimum atomic E-state index is -0.0884. The standard InChI is InChI=1S/C11H14N2O2/c1-13-7-6-9(12-11(13)15)8-4-2-3-5-10(8)14/h2-5,9,14H,6-7H2,1H3,(H,12,15). The molecule has 0 aromatic heterocycles. The monoisotopic (exact) mass is 206 g/mol. The molecule has 0 saturated carbocycles. The third-order valence-corrected chi connectivity index (χ3v) is 2.71. The number of rotatable bonds is 1. The first-order valence-electron chi connectivity index (χ1n) is 4.98. The molecule has 1 heterocycles. The van der Waals surface area contributed by atoms with Crippen LogP contribution in [-0.4, -0.2) is 29.6 Å². The van der Waals surface area contributed by atoms with Gasteiger partial charge in [-0.1, -0.05) is 18.2 Å². The van der Waals surface area contributed by atoms with E-state index >= 15 is 0 Å². The molecule has 2 rings (SSSR count). The Bertz CT molecular complexity index is 379. The Kier molecular flexibility index (Phi) is 2.49. The fraction of sp³-hybridized carbons (Fsp3) is 0.364. The first-order valence-corrected chi connectivity index (χ1v) is 4.98. The Balaban J connectivity index is 2.19. The van der Waals surface area contributed by atoms with Crippen molar-refractivity contribution in [3.63, 3.8) is 0 Å². The van der Waals surface area contributed by atoms with E-state index in [0.29, 0.717) is 6.54 Å². The maximum Gasteiger partial charge on any atom is 0.317 e. The number of carbonyl (C=O) groups excluding carboxylic acids is 1. The molecular weight excluding hydrogens is 192 g/mol. The maximum atomic E-state index is 11.4. The average Bonchev–Trinajstić information content (AvgIpc) is 2.23. The van der Waals surface area contributed by atoms with E-state index in [2.05, 4.69) is 5.32 Å². The third-order valence-electron chi connectivity index (χ3n) is 2.71. The van der Waals surface area contributed by atoms with Gasteiger partial charge in [-0.05, 0) is 12.5 Å². The van der Waals surface area contributed by atoms with Crippen molar-refractivity contribution in [1.82, 2.24) is 10.2 Å². The lowest BCUT2D eigenvalue weighted by molar-refractivity contribution is 0.187. The van der Waals surface area contributed by atoms with Crippen LogP contribution in [0.2, 0.25) is 0 Å². The second kappa shape index (κ2) is 3.81. The topological polar surface area (TPSA) is 52.6 Å². The number of hydrogen-bond acceptors (Lipinski definition) is 2. The van der Waals surface area contributed by atoms with E-state index in [4.69, 9.17) is 0 Å². The van der Waals surface area contributed by atoms with E-state index in [1.165, 1.54) is 0 Å². The Morgan fingerprint density at radius 2 is 2.20 bits per heavy atom. The lowest BCUT2D eigenvalue weighted by Gasteiger charge is -2.30. The highest BCUT2D eigenvalue weighted by molar-refractivity contribution is 5.75. The van der Waals surface area contributed by atoms with E-state index in [0.717, 1.165) is 12.0 Å². The molecule has 1 aromatic carbocycles. The summed E-state index contributed by atoms with van der Waals surface area (Å²) in [6, 6.07) is 6.95. The van der Waals surface area contributed by atoms with Crippen LogP contribution in [0.3, 0.4) is 0 Å². The summed E-state index contributed by atoms with van der Waals surface area (Å²) < 4.78 is 0. The van der Waals surface area contributed by atoms with Crippen LogP contribution in [0.5, 0.6) is 5.75 Å². The zero-order valence-electron chi connectivity index (χ0n) is 8.60. The van der Waals surface area contributed by atoms with Gasteiger partial charge in [-0.2, -0.15) is 0 Å². The van der Waals surface area contributed by atoms with Gasteiger partial charge in [-0.25, -0.2) is 4.79 Å². The van der Waals surface area contributed by atoms with E-state index in [1.807, 2.05) is 12.1 Å². The number of phenols is 1. The number of hydrogen-bond donors (Lipinski definition) is 2. The molecule has 1 unspecified atom stereocenters. The molecule has 0 radical (unpaired) electrons. The summed E-state index contributed by atoms with van der Waals surface area (Å²) in [6.45, 7) is 0.713. The van der Waals surface area contributed by atoms with Crippen LogP contribution in [0.15, 0.2) is 24.3 Å². The van der Waals surface area contributed by atoms with Crippen LogP contribution >= 0.6 is 0 Å². The van der Waals surface area contributed by atoms with Gasteiger partial charge < -0.3 is 15.3 Å². The zero-order valence-corrected chi connectivity index (χ0v) is 8.60. The molecule has 4 heteroatoms. The summed E-state index contributed by atoms with van der Waals surface area (Å²) >= 11 is 0. The fourth-order valence-corrected chi connectivity index (χ4v) is 1.77. The van der Waals surface area contributed by atoms with Crippen molar-refractivity contribution in [3.05, 3.63) is 29.8 Å². The highest BCUT2D eigenvalue weighted by Gasteiger charge is 2.24. The smallest absolute Gasteiger partial charge is 0.317 e. The molecule has 0 spiro atoms. The molecule has 0 aliphatic carbocycles. The molecular formula is C11H14N2O2. The van der Waals surface area contributed by atoms with E-state index in [-0.39, 0.29) is 17.8 Å². The lowest BCUT2D eigenvalue weighted by atomic mass is 10.0. The first-order chi connectivity index (χ1) is 7.18. The Morgan fingerprint density at radius 3 is 2.87 bits per heavy atom. The van der Waals surface area contributed by atoms with Gasteiger partial charge in [0.15, 0.2) is 0 Å². The van der Waals surface area contributed by atoms with Gasteiger partial charge in [-0.3, -0.25) is 0 Å². The number of urea groups is 1. The van der Waals surface area contributed by atoms with Gasteiger partial charge in [0.2, 0.25) is 0 Å². The molecule has 0 bridgehead atoms. The fourth-order valence-electron chi connectivity index (χ4n) is 1.77. The van der Waals surface area contributed by atoms with Crippen molar-refractivity contribution in [3.8, 4) is 5.75 Å². The van der Waals surface area contributed by atoms with Gasteiger partial charge in [0.25, 0.3) is 0 Å². The summed E-state index contributed by atoms with van der Waals surface area (Å²) in [5.74, 6) is 0.243. The Labute approximate surface area is 88.5 Å². The number of benzene rings is 1. The van der Waals surface area contributed by atoms with Crippen LogP contribution in [0.25, 0.3) is 0 Å². The summed E-state index contributed by atoms with van der Waals surface area (Å²) in [5.41, 5.74) is 0.791. The van der Waals surface area contributed by atoms with E-state index in [9.17, 15) is 9.90 Å². The van der Waals surface area contributed by atoms with Crippen LogP contribution in [0, 0.1) is 0 Å². The molecule has 2 amide bonds. The van der Waals surface area contributed by atoms with Gasteiger partial charge in [0, 0.05) is 19.2 Å². The van der Waals surface area contributed by atoms with Crippen molar-refractivity contribution in [2.24, 2.45) is 0 Å². The van der Waals surface area contributed by atoms with Crippen LogP contribution in [0.4, 0.5) is 4.79 Å². The first kappa shape index (κ1) is 9.83. The number of para-hydroxylation sites is 1. The summed E-state index contributed by atoms with van der Waals surface area (Å²) in [5, 5.41) is 12.5. The summed E-state index contributed by atoms with van der Waals surface area (Å²) in [7, 11) is 1.76. The second-order valence-electron chi connectivity index (χ2n) is 3.77. The maximum absolute atomic E-state index is 11.4. The van der Waals surface area contributed by atoms with Crippen molar-refractivity contribution < 1.29 is 9.90 Å². The molecule has 4 nitrogen and oxygen atoms in total. The average molecular weight is 206 g/mol.